The molecular weight excluding hydrogens is 264 g/mol. The molecule has 0 radical (unpaired) electrons. The van der Waals surface area contributed by atoms with Crippen LogP contribution in [0.2, 0.25) is 0 Å². The maximum Gasteiger partial charge on any atom is 0.211 e. The van der Waals surface area contributed by atoms with Crippen LogP contribution in [0.15, 0.2) is 4.99 Å². The zero-order chi connectivity index (χ0) is 14.1. The summed E-state index contributed by atoms with van der Waals surface area (Å²) in [6, 6.07) is 0.505. The molecule has 1 fully saturated rings. The van der Waals surface area contributed by atoms with E-state index in [9.17, 15) is 8.42 Å². The minimum absolute atomic E-state index is 0.108. The van der Waals surface area contributed by atoms with Crippen molar-refractivity contribution in [3.8, 4) is 0 Å². The molecule has 0 aromatic rings. The lowest BCUT2D eigenvalue weighted by Gasteiger charge is -2.16. The molecule has 0 unspecified atom stereocenters. The molecule has 1 rings (SSSR count). The van der Waals surface area contributed by atoms with Crippen LogP contribution >= 0.6 is 0 Å². The first-order valence-corrected chi connectivity index (χ1v) is 8.74. The van der Waals surface area contributed by atoms with Crippen molar-refractivity contribution in [3.05, 3.63) is 0 Å². The van der Waals surface area contributed by atoms with Gasteiger partial charge in [0.25, 0.3) is 0 Å². The molecule has 3 N–H and O–H groups in total. The monoisotopic (exact) mass is 290 g/mol. The van der Waals surface area contributed by atoms with Crippen LogP contribution in [0, 0.1) is 0 Å². The molecule has 19 heavy (non-hydrogen) atoms. The van der Waals surface area contributed by atoms with E-state index in [0.29, 0.717) is 19.1 Å². The summed E-state index contributed by atoms with van der Waals surface area (Å²) in [5, 5.41) is 6.57. The summed E-state index contributed by atoms with van der Waals surface area (Å²) in [6.45, 7) is 5.24. The van der Waals surface area contributed by atoms with Crippen LogP contribution in [-0.4, -0.2) is 45.8 Å². The summed E-state index contributed by atoms with van der Waals surface area (Å²) in [6.07, 6.45) is 4.92. The third kappa shape index (κ3) is 6.77. The third-order valence-corrected chi connectivity index (χ3v) is 4.53. The fourth-order valence-corrected chi connectivity index (χ4v) is 2.66. The van der Waals surface area contributed by atoms with Crippen LogP contribution in [0.25, 0.3) is 0 Å². The Bertz CT molecular complexity index is 375. The van der Waals surface area contributed by atoms with Crippen molar-refractivity contribution in [1.82, 2.24) is 15.4 Å². The van der Waals surface area contributed by atoms with Gasteiger partial charge in [-0.1, -0.05) is 12.8 Å². The molecule has 0 atom stereocenters. The lowest BCUT2D eigenvalue weighted by Crippen LogP contribution is -2.42. The third-order valence-electron chi connectivity index (χ3n) is 3.12. The number of hydrogen-bond acceptors (Lipinski definition) is 3. The Morgan fingerprint density at radius 3 is 2.53 bits per heavy atom. The number of aliphatic imine (C=N–C) groups is 1. The maximum absolute atomic E-state index is 11.3. The lowest BCUT2D eigenvalue weighted by molar-refractivity contribution is 0.582. The Balaban J connectivity index is 2.35. The highest BCUT2D eigenvalue weighted by Gasteiger charge is 2.15. The molecule has 6 nitrogen and oxygen atoms in total. The molecule has 0 amide bonds. The summed E-state index contributed by atoms with van der Waals surface area (Å²) in [7, 11) is -3.11. The topological polar surface area (TPSA) is 82.6 Å². The summed E-state index contributed by atoms with van der Waals surface area (Å²) < 4.78 is 25.0. The molecule has 0 bridgehead atoms. The van der Waals surface area contributed by atoms with Crippen LogP contribution < -0.4 is 15.4 Å². The Morgan fingerprint density at radius 1 is 1.26 bits per heavy atom. The second-order valence-corrected chi connectivity index (χ2v) is 6.78. The summed E-state index contributed by atoms with van der Waals surface area (Å²) in [5.41, 5.74) is 0. The van der Waals surface area contributed by atoms with E-state index in [0.717, 1.165) is 12.5 Å². The fourth-order valence-electron chi connectivity index (χ4n) is 2.05. The first-order valence-electron chi connectivity index (χ1n) is 7.09. The highest BCUT2D eigenvalue weighted by molar-refractivity contribution is 7.89. The Labute approximate surface area is 116 Å². The van der Waals surface area contributed by atoms with Crippen molar-refractivity contribution < 1.29 is 8.42 Å². The Kier molecular flexibility index (Phi) is 7.15. The van der Waals surface area contributed by atoms with E-state index in [2.05, 4.69) is 20.3 Å². The highest BCUT2D eigenvalue weighted by atomic mass is 32.2. The van der Waals surface area contributed by atoms with Gasteiger partial charge in [-0.2, -0.15) is 0 Å². The number of hydrogen-bond donors (Lipinski definition) is 3. The van der Waals surface area contributed by atoms with E-state index in [1.54, 1.807) is 6.92 Å². The Morgan fingerprint density at radius 2 is 1.95 bits per heavy atom. The van der Waals surface area contributed by atoms with Crippen LogP contribution in [0.4, 0.5) is 0 Å². The second-order valence-electron chi connectivity index (χ2n) is 4.68. The van der Waals surface area contributed by atoms with Crippen molar-refractivity contribution in [3.63, 3.8) is 0 Å². The number of nitrogens with zero attached hydrogens (tertiary/aromatic N) is 1. The predicted molar refractivity (Wildman–Crippen MR) is 78.8 cm³/mol. The Hall–Kier alpha value is -0.820. The SMILES string of the molecule is CCNC(=NCCNS(=O)(=O)CC)NC1CCCC1. The maximum atomic E-state index is 11.3. The molecule has 7 heteroatoms. The smallest absolute Gasteiger partial charge is 0.211 e. The van der Waals surface area contributed by atoms with Gasteiger partial charge in [0, 0.05) is 19.1 Å². The molecule has 0 aromatic carbocycles. The van der Waals surface area contributed by atoms with Crippen molar-refractivity contribution in [2.24, 2.45) is 4.99 Å². The van der Waals surface area contributed by atoms with Gasteiger partial charge in [-0.15, -0.1) is 0 Å². The average molecular weight is 290 g/mol. The van der Waals surface area contributed by atoms with Crippen LogP contribution in [0.3, 0.4) is 0 Å². The van der Waals surface area contributed by atoms with Gasteiger partial charge in [0.2, 0.25) is 10.0 Å². The number of rotatable bonds is 7. The fraction of sp³-hybridized carbons (Fsp3) is 0.917. The molecule has 0 spiro atoms. The molecule has 1 saturated carbocycles. The second kappa shape index (κ2) is 8.37. The number of sulfonamides is 1. The van der Waals surface area contributed by atoms with E-state index in [4.69, 9.17) is 0 Å². The van der Waals surface area contributed by atoms with Crippen LogP contribution in [-0.2, 0) is 10.0 Å². The quantitative estimate of drug-likeness (QED) is 0.361. The highest BCUT2D eigenvalue weighted by Crippen LogP contribution is 2.17. The zero-order valence-corrected chi connectivity index (χ0v) is 12.7. The van der Waals surface area contributed by atoms with Crippen molar-refractivity contribution in [1.29, 1.82) is 0 Å². The van der Waals surface area contributed by atoms with E-state index in [1.807, 2.05) is 6.92 Å². The van der Waals surface area contributed by atoms with Crippen LogP contribution in [0.5, 0.6) is 0 Å². The minimum Gasteiger partial charge on any atom is -0.357 e. The molecular formula is C12H26N4O2S. The van der Waals surface area contributed by atoms with E-state index in [-0.39, 0.29) is 5.75 Å². The average Bonchev–Trinajstić information content (AvgIpc) is 2.87. The van der Waals surface area contributed by atoms with Crippen molar-refractivity contribution in [2.45, 2.75) is 45.6 Å². The molecule has 0 aromatic heterocycles. The van der Waals surface area contributed by atoms with Gasteiger partial charge in [0.05, 0.1) is 12.3 Å². The molecule has 0 heterocycles. The largest absolute Gasteiger partial charge is 0.357 e. The van der Waals surface area contributed by atoms with Gasteiger partial charge in [0.15, 0.2) is 5.96 Å². The number of guanidine groups is 1. The zero-order valence-electron chi connectivity index (χ0n) is 11.9. The van der Waals surface area contributed by atoms with E-state index < -0.39 is 10.0 Å². The van der Waals surface area contributed by atoms with E-state index >= 15 is 0 Å². The molecule has 1 aliphatic carbocycles. The minimum atomic E-state index is -3.11. The normalized spacial score (nSPS) is 17.7. The van der Waals surface area contributed by atoms with Gasteiger partial charge in [-0.05, 0) is 26.7 Å². The van der Waals surface area contributed by atoms with Gasteiger partial charge in [0.1, 0.15) is 0 Å². The summed E-state index contributed by atoms with van der Waals surface area (Å²) >= 11 is 0. The summed E-state index contributed by atoms with van der Waals surface area (Å²) in [4.78, 5) is 4.38. The molecule has 0 saturated heterocycles. The predicted octanol–water partition coefficient (Wildman–Crippen LogP) is 0.423. The van der Waals surface area contributed by atoms with Crippen LogP contribution in [0.1, 0.15) is 39.5 Å². The van der Waals surface area contributed by atoms with Gasteiger partial charge < -0.3 is 10.6 Å². The molecule has 0 aliphatic heterocycles. The number of nitrogens with one attached hydrogen (secondary N) is 3. The van der Waals surface area contributed by atoms with Gasteiger partial charge >= 0.3 is 0 Å². The molecule has 1 aliphatic rings. The lowest BCUT2D eigenvalue weighted by atomic mass is 10.2. The standard InChI is InChI=1S/C12H26N4O2S/c1-3-13-12(16-11-7-5-6-8-11)14-9-10-15-19(17,18)4-2/h11,15H,3-10H2,1-2H3,(H2,13,14,16). The van der Waals surface area contributed by atoms with E-state index in [1.165, 1.54) is 25.7 Å². The first kappa shape index (κ1) is 16.2. The van der Waals surface area contributed by atoms with Gasteiger partial charge in [-0.3, -0.25) is 4.99 Å². The summed E-state index contributed by atoms with van der Waals surface area (Å²) in [5.74, 6) is 0.891. The van der Waals surface area contributed by atoms with Crippen molar-refractivity contribution in [2.75, 3.05) is 25.4 Å². The van der Waals surface area contributed by atoms with Gasteiger partial charge in [-0.25, -0.2) is 13.1 Å². The molecule has 112 valence electrons. The van der Waals surface area contributed by atoms with Crippen molar-refractivity contribution >= 4 is 16.0 Å². The first-order chi connectivity index (χ1) is 9.07.